The van der Waals surface area contributed by atoms with Crippen molar-refractivity contribution in [2.45, 2.75) is 13.0 Å². The Morgan fingerprint density at radius 3 is 2.89 bits per heavy atom. The Morgan fingerprint density at radius 1 is 1.53 bits per heavy atom. The molecule has 0 N–H and O–H groups in total. The highest BCUT2D eigenvalue weighted by molar-refractivity contribution is 5.78. The van der Waals surface area contributed by atoms with Crippen LogP contribution in [0.4, 0.5) is 0 Å². The van der Waals surface area contributed by atoms with Crippen molar-refractivity contribution in [2.24, 2.45) is 0 Å². The second-order valence-electron chi connectivity index (χ2n) is 4.72. The summed E-state index contributed by atoms with van der Waals surface area (Å²) in [5.74, 6) is 0.145. The molecular weight excluding hydrogens is 244 g/mol. The fourth-order valence-electron chi connectivity index (χ4n) is 2.04. The predicted octanol–water partition coefficient (Wildman–Crippen LogP) is 0.328. The van der Waals surface area contributed by atoms with Crippen molar-refractivity contribution in [3.05, 3.63) is 24.3 Å². The lowest BCUT2D eigenvalue weighted by molar-refractivity contribution is -0.136. The maximum Gasteiger partial charge on any atom is 0.236 e. The highest BCUT2D eigenvalue weighted by Crippen LogP contribution is 2.15. The largest absolute Gasteiger partial charge is 0.378 e. The van der Waals surface area contributed by atoms with E-state index in [1.54, 1.807) is 6.20 Å². The molecule has 2 heterocycles. The molecule has 1 atom stereocenters. The van der Waals surface area contributed by atoms with Gasteiger partial charge in [0.05, 0.1) is 25.5 Å². The first-order chi connectivity index (χ1) is 9.18. The van der Waals surface area contributed by atoms with E-state index in [4.69, 9.17) is 4.74 Å². The van der Waals surface area contributed by atoms with Crippen molar-refractivity contribution in [1.29, 1.82) is 0 Å². The summed E-state index contributed by atoms with van der Waals surface area (Å²) in [4.78, 5) is 24.1. The SMILES string of the molecule is C[C@H](c1ccncn1)N(C)CC(=O)N1CCOCC1. The number of hydrogen-bond donors (Lipinski definition) is 0. The third kappa shape index (κ3) is 3.71. The zero-order valence-corrected chi connectivity index (χ0v) is 11.5. The summed E-state index contributed by atoms with van der Waals surface area (Å²) in [6.07, 6.45) is 3.25. The van der Waals surface area contributed by atoms with E-state index < -0.39 is 0 Å². The van der Waals surface area contributed by atoms with E-state index in [9.17, 15) is 4.79 Å². The lowest BCUT2D eigenvalue weighted by atomic mass is 10.2. The molecule has 19 heavy (non-hydrogen) atoms. The van der Waals surface area contributed by atoms with Crippen LogP contribution in [0.5, 0.6) is 0 Å². The highest BCUT2D eigenvalue weighted by atomic mass is 16.5. The molecule has 0 unspecified atom stereocenters. The number of aromatic nitrogens is 2. The molecule has 1 aromatic rings. The van der Waals surface area contributed by atoms with Gasteiger partial charge in [-0.2, -0.15) is 0 Å². The monoisotopic (exact) mass is 264 g/mol. The van der Waals surface area contributed by atoms with E-state index in [1.165, 1.54) is 6.33 Å². The van der Waals surface area contributed by atoms with Gasteiger partial charge in [-0.1, -0.05) is 0 Å². The van der Waals surface area contributed by atoms with Crippen molar-refractivity contribution in [1.82, 2.24) is 19.8 Å². The fourth-order valence-corrected chi connectivity index (χ4v) is 2.04. The first kappa shape index (κ1) is 13.9. The molecule has 1 amide bonds. The normalized spacial score (nSPS) is 17.5. The van der Waals surface area contributed by atoms with Crippen molar-refractivity contribution >= 4 is 5.91 Å². The second-order valence-corrected chi connectivity index (χ2v) is 4.72. The molecule has 1 aliphatic rings. The molecule has 0 bridgehead atoms. The number of nitrogens with zero attached hydrogens (tertiary/aromatic N) is 4. The summed E-state index contributed by atoms with van der Waals surface area (Å²) in [6, 6.07) is 1.97. The summed E-state index contributed by atoms with van der Waals surface area (Å²) in [7, 11) is 1.94. The molecular formula is C13H20N4O2. The van der Waals surface area contributed by atoms with Crippen LogP contribution >= 0.6 is 0 Å². The number of carbonyl (C=O) groups is 1. The van der Waals surface area contributed by atoms with E-state index in [1.807, 2.05) is 29.8 Å². The molecule has 0 saturated carbocycles. The first-order valence-corrected chi connectivity index (χ1v) is 6.50. The molecule has 1 fully saturated rings. The van der Waals surface area contributed by atoms with Crippen LogP contribution in [0, 0.1) is 0 Å². The number of morpholine rings is 1. The van der Waals surface area contributed by atoms with E-state index >= 15 is 0 Å². The average Bonchev–Trinajstić information content (AvgIpc) is 2.48. The Labute approximate surface area is 113 Å². The van der Waals surface area contributed by atoms with Gasteiger partial charge in [-0.25, -0.2) is 9.97 Å². The predicted molar refractivity (Wildman–Crippen MR) is 70.5 cm³/mol. The Bertz CT molecular complexity index is 406. The molecule has 1 aliphatic heterocycles. The highest BCUT2D eigenvalue weighted by Gasteiger charge is 2.21. The van der Waals surface area contributed by atoms with Gasteiger partial charge in [-0.3, -0.25) is 9.69 Å². The molecule has 6 heteroatoms. The zero-order chi connectivity index (χ0) is 13.7. The summed E-state index contributed by atoms with van der Waals surface area (Å²) in [5, 5.41) is 0. The number of rotatable bonds is 4. The minimum absolute atomic E-state index is 0.0907. The molecule has 0 spiro atoms. The van der Waals surface area contributed by atoms with Gasteiger partial charge < -0.3 is 9.64 Å². The number of ether oxygens (including phenoxy) is 1. The molecule has 0 aliphatic carbocycles. The second kappa shape index (κ2) is 6.58. The molecule has 0 aromatic carbocycles. The van der Waals surface area contributed by atoms with Crippen LogP contribution in [-0.2, 0) is 9.53 Å². The van der Waals surface area contributed by atoms with Crippen molar-refractivity contribution in [3.63, 3.8) is 0 Å². The Morgan fingerprint density at radius 2 is 2.26 bits per heavy atom. The van der Waals surface area contributed by atoms with Crippen LogP contribution in [-0.4, -0.2) is 65.6 Å². The Kier molecular flexibility index (Phi) is 4.81. The van der Waals surface area contributed by atoms with E-state index in [2.05, 4.69) is 9.97 Å². The first-order valence-electron chi connectivity index (χ1n) is 6.50. The van der Waals surface area contributed by atoms with Crippen LogP contribution in [0.1, 0.15) is 18.7 Å². The number of amides is 1. The third-order valence-electron chi connectivity index (χ3n) is 3.44. The fraction of sp³-hybridized carbons (Fsp3) is 0.615. The van der Waals surface area contributed by atoms with Gasteiger partial charge in [0.2, 0.25) is 5.91 Å². The molecule has 1 saturated heterocycles. The lowest BCUT2D eigenvalue weighted by Crippen LogP contribution is -2.45. The van der Waals surface area contributed by atoms with Crippen LogP contribution < -0.4 is 0 Å². The van der Waals surface area contributed by atoms with Crippen LogP contribution in [0.15, 0.2) is 18.6 Å². The summed E-state index contributed by atoms with van der Waals surface area (Å²) < 4.78 is 5.25. The summed E-state index contributed by atoms with van der Waals surface area (Å²) >= 11 is 0. The zero-order valence-electron chi connectivity index (χ0n) is 11.5. The number of likely N-dealkylation sites (N-methyl/N-ethyl adjacent to an activating group) is 1. The smallest absolute Gasteiger partial charge is 0.236 e. The van der Waals surface area contributed by atoms with Crippen LogP contribution in [0.2, 0.25) is 0 Å². The van der Waals surface area contributed by atoms with E-state index in [0.29, 0.717) is 32.8 Å². The summed E-state index contributed by atoms with van der Waals surface area (Å²) in [6.45, 7) is 5.08. The topological polar surface area (TPSA) is 58.6 Å². The average molecular weight is 264 g/mol. The van der Waals surface area contributed by atoms with Crippen LogP contribution in [0.25, 0.3) is 0 Å². The molecule has 2 rings (SSSR count). The molecule has 6 nitrogen and oxygen atoms in total. The quantitative estimate of drug-likeness (QED) is 0.784. The van der Waals surface area contributed by atoms with Gasteiger partial charge in [0.15, 0.2) is 0 Å². The Hall–Kier alpha value is -1.53. The number of hydrogen-bond acceptors (Lipinski definition) is 5. The molecule has 1 aromatic heterocycles. The van der Waals surface area contributed by atoms with Gasteiger partial charge in [-0.15, -0.1) is 0 Å². The summed E-state index contributed by atoms with van der Waals surface area (Å²) in [5.41, 5.74) is 0.923. The minimum Gasteiger partial charge on any atom is -0.378 e. The van der Waals surface area contributed by atoms with Gasteiger partial charge in [0, 0.05) is 25.3 Å². The standard InChI is InChI=1S/C13H20N4O2/c1-11(12-3-4-14-10-15-12)16(2)9-13(18)17-5-7-19-8-6-17/h3-4,10-11H,5-9H2,1-2H3/t11-/m1/s1. The number of carbonyl (C=O) groups excluding carboxylic acids is 1. The van der Waals surface area contributed by atoms with Gasteiger partial charge in [0.25, 0.3) is 0 Å². The van der Waals surface area contributed by atoms with Crippen LogP contribution in [0.3, 0.4) is 0 Å². The maximum atomic E-state index is 12.1. The van der Waals surface area contributed by atoms with Crippen molar-refractivity contribution in [2.75, 3.05) is 39.9 Å². The van der Waals surface area contributed by atoms with Gasteiger partial charge in [-0.05, 0) is 20.0 Å². The minimum atomic E-state index is 0.0907. The molecule has 0 radical (unpaired) electrons. The van der Waals surface area contributed by atoms with E-state index in [-0.39, 0.29) is 11.9 Å². The van der Waals surface area contributed by atoms with Gasteiger partial charge in [0.1, 0.15) is 6.33 Å². The maximum absolute atomic E-state index is 12.1. The van der Waals surface area contributed by atoms with Crippen molar-refractivity contribution in [3.8, 4) is 0 Å². The lowest BCUT2D eigenvalue weighted by Gasteiger charge is -2.30. The molecule has 104 valence electrons. The van der Waals surface area contributed by atoms with Crippen molar-refractivity contribution < 1.29 is 9.53 Å². The Balaban J connectivity index is 1.89. The van der Waals surface area contributed by atoms with Gasteiger partial charge >= 0.3 is 0 Å². The van der Waals surface area contributed by atoms with E-state index in [0.717, 1.165) is 5.69 Å². The third-order valence-corrected chi connectivity index (χ3v) is 3.44.